The van der Waals surface area contributed by atoms with E-state index in [1.54, 1.807) is 41.6 Å². The molecule has 0 spiro atoms. The summed E-state index contributed by atoms with van der Waals surface area (Å²) in [4.78, 5) is 37.5. The van der Waals surface area contributed by atoms with Crippen LogP contribution < -0.4 is 19.4 Å². The lowest BCUT2D eigenvalue weighted by Crippen LogP contribution is -2.47. The topological polar surface area (TPSA) is 175 Å². The standard InChI is InChI=1S/C31H31N9O6S2/c41-26(37-15-11-22(12-16-37)45-28-29(40(42)46-36-28)48(43,44)23-7-2-1-3-8-23)21-47-31-34-25-10-5-4-9-24(25)27(35-31)38-17-19-39(20-18-38)30-32-13-6-14-33-30/h1-10,13-14,22H,11-12,15-21H2. The van der Waals surface area contributed by atoms with E-state index in [-0.39, 0.29) is 21.5 Å². The Morgan fingerprint density at radius 3 is 2.35 bits per heavy atom. The number of hydrogen-bond donors (Lipinski definition) is 0. The summed E-state index contributed by atoms with van der Waals surface area (Å²) in [7, 11) is -4.22. The van der Waals surface area contributed by atoms with Crippen molar-refractivity contribution in [2.24, 2.45) is 0 Å². The molecular formula is C31H31N9O6S2. The number of carbonyl (C=O) groups is 1. The van der Waals surface area contributed by atoms with Crippen LogP contribution in [0.5, 0.6) is 5.88 Å². The van der Waals surface area contributed by atoms with Crippen molar-refractivity contribution in [1.82, 2.24) is 30.0 Å². The van der Waals surface area contributed by atoms with E-state index in [2.05, 4.69) is 29.6 Å². The second kappa shape index (κ2) is 13.6. The summed E-state index contributed by atoms with van der Waals surface area (Å²) in [5.74, 6) is 1.24. The van der Waals surface area contributed by atoms with Gasteiger partial charge in [0.2, 0.25) is 11.9 Å². The second-order valence-corrected chi connectivity index (χ2v) is 14.0. The normalized spacial score (nSPS) is 16.0. The highest BCUT2D eigenvalue weighted by Gasteiger charge is 2.38. The Hall–Kier alpha value is -5.03. The molecular weight excluding hydrogens is 659 g/mol. The molecule has 248 valence electrons. The van der Waals surface area contributed by atoms with Gasteiger partial charge in [-0.25, -0.2) is 28.4 Å². The summed E-state index contributed by atoms with van der Waals surface area (Å²) >= 11 is 1.29. The van der Waals surface area contributed by atoms with Crippen LogP contribution in [-0.4, -0.2) is 95.4 Å². The molecule has 0 unspecified atom stereocenters. The van der Waals surface area contributed by atoms with Crippen molar-refractivity contribution in [2.75, 3.05) is 54.8 Å². The van der Waals surface area contributed by atoms with Crippen LogP contribution in [0.25, 0.3) is 10.9 Å². The molecule has 2 fully saturated rings. The first-order valence-corrected chi connectivity index (χ1v) is 17.8. The Morgan fingerprint density at radius 1 is 0.917 bits per heavy atom. The zero-order valence-electron chi connectivity index (χ0n) is 25.7. The molecule has 1 amide bonds. The third-order valence-corrected chi connectivity index (χ3v) is 10.8. The average Bonchev–Trinajstić information content (AvgIpc) is 3.51. The number of ether oxygens (including phenoxy) is 1. The van der Waals surface area contributed by atoms with Gasteiger partial charge in [0.1, 0.15) is 11.9 Å². The molecule has 0 bridgehead atoms. The fourth-order valence-electron chi connectivity index (χ4n) is 5.74. The molecule has 0 radical (unpaired) electrons. The summed E-state index contributed by atoms with van der Waals surface area (Å²) in [5.41, 5.74) is 0.810. The minimum atomic E-state index is -4.22. The van der Waals surface area contributed by atoms with Crippen molar-refractivity contribution < 1.29 is 27.5 Å². The van der Waals surface area contributed by atoms with Gasteiger partial charge in [-0.15, -0.1) is 0 Å². The number of anilines is 2. The number of aromatic nitrogens is 6. The molecule has 48 heavy (non-hydrogen) atoms. The number of sulfone groups is 1. The number of carbonyl (C=O) groups excluding carboxylic acids is 1. The van der Waals surface area contributed by atoms with Crippen molar-refractivity contribution in [2.45, 2.75) is 34.0 Å². The van der Waals surface area contributed by atoms with Crippen LogP contribution in [-0.2, 0) is 14.6 Å². The van der Waals surface area contributed by atoms with Crippen molar-refractivity contribution in [3.8, 4) is 5.88 Å². The molecule has 2 saturated heterocycles. The summed E-state index contributed by atoms with van der Waals surface area (Å²) in [6.07, 6.45) is 3.87. The highest BCUT2D eigenvalue weighted by Crippen LogP contribution is 2.30. The molecule has 17 heteroatoms. The highest BCUT2D eigenvalue weighted by atomic mass is 32.2. The molecule has 2 aliphatic rings. The largest absolute Gasteiger partial charge is 0.451 e. The second-order valence-electron chi connectivity index (χ2n) is 11.2. The van der Waals surface area contributed by atoms with E-state index in [1.165, 1.54) is 23.9 Å². The van der Waals surface area contributed by atoms with Crippen LogP contribution in [0.2, 0.25) is 0 Å². The molecule has 2 aliphatic heterocycles. The zero-order valence-corrected chi connectivity index (χ0v) is 27.3. The number of hydrogen-bond acceptors (Lipinski definition) is 14. The summed E-state index contributed by atoms with van der Waals surface area (Å²) in [6.45, 7) is 3.75. The number of likely N-dealkylation sites (tertiary alicyclic amines) is 1. The third kappa shape index (κ3) is 6.55. The van der Waals surface area contributed by atoms with Gasteiger partial charge in [-0.05, 0) is 35.2 Å². The smallest absolute Gasteiger partial charge is 0.415 e. The number of rotatable bonds is 9. The van der Waals surface area contributed by atoms with E-state index in [1.807, 2.05) is 24.3 Å². The monoisotopic (exact) mass is 689 g/mol. The van der Waals surface area contributed by atoms with Gasteiger partial charge >= 0.3 is 10.9 Å². The van der Waals surface area contributed by atoms with E-state index < -0.39 is 26.8 Å². The predicted octanol–water partition coefficient (Wildman–Crippen LogP) is 2.36. The molecule has 5 heterocycles. The summed E-state index contributed by atoms with van der Waals surface area (Å²) in [6, 6.07) is 17.2. The number of amides is 1. The Balaban J connectivity index is 0.965. The van der Waals surface area contributed by atoms with Gasteiger partial charge in [0.05, 0.1) is 21.3 Å². The van der Waals surface area contributed by atoms with Gasteiger partial charge in [-0.1, -0.05) is 42.1 Å². The van der Waals surface area contributed by atoms with E-state index in [0.717, 1.165) is 42.9 Å². The van der Waals surface area contributed by atoms with Gasteiger partial charge in [0, 0.05) is 69.9 Å². The van der Waals surface area contributed by atoms with Crippen LogP contribution in [0.15, 0.2) is 92.8 Å². The van der Waals surface area contributed by atoms with Crippen LogP contribution >= 0.6 is 11.8 Å². The molecule has 0 N–H and O–H groups in total. The van der Waals surface area contributed by atoms with Gasteiger partial charge < -0.3 is 24.6 Å². The van der Waals surface area contributed by atoms with Crippen molar-refractivity contribution in [3.63, 3.8) is 0 Å². The fraction of sp³-hybridized carbons (Fsp3) is 0.323. The van der Waals surface area contributed by atoms with Gasteiger partial charge in [-0.2, -0.15) is 0 Å². The van der Waals surface area contributed by atoms with Gasteiger partial charge in [0.15, 0.2) is 5.16 Å². The number of para-hydroxylation sites is 1. The Bertz CT molecular complexity index is 2000. The quantitative estimate of drug-likeness (QED) is 0.125. The molecule has 0 aliphatic carbocycles. The van der Waals surface area contributed by atoms with Crippen LogP contribution in [0.3, 0.4) is 0 Å². The lowest BCUT2D eigenvalue weighted by atomic mass is 10.1. The maximum absolute atomic E-state index is 13.2. The molecule has 5 aromatic rings. The zero-order chi connectivity index (χ0) is 33.1. The van der Waals surface area contributed by atoms with Crippen molar-refractivity contribution in [3.05, 3.63) is 78.3 Å². The lowest BCUT2D eigenvalue weighted by molar-refractivity contribution is -0.832. The van der Waals surface area contributed by atoms with E-state index in [0.29, 0.717) is 37.0 Å². The number of nitrogens with zero attached hydrogens (tertiary/aromatic N) is 9. The fourth-order valence-corrected chi connectivity index (χ4v) is 7.77. The van der Waals surface area contributed by atoms with Gasteiger partial charge in [0.25, 0.3) is 9.84 Å². The first kappa shape index (κ1) is 31.6. The minimum Gasteiger partial charge on any atom is -0.451 e. The molecule has 0 saturated carbocycles. The molecule has 3 aromatic heterocycles. The lowest BCUT2D eigenvalue weighted by Gasteiger charge is -2.35. The molecule has 2 aromatic carbocycles. The van der Waals surface area contributed by atoms with Crippen molar-refractivity contribution >= 4 is 50.2 Å². The SMILES string of the molecule is O=C(CSc1nc(N2CCN(c3ncccn3)CC2)c2ccccc2n1)N1CCC(Oc2no[n+]([O-])c2S(=O)(=O)c2ccccc2)CC1. The Kier molecular flexibility index (Phi) is 8.94. The summed E-state index contributed by atoms with van der Waals surface area (Å²) in [5, 5.41) is 16.6. The Morgan fingerprint density at radius 2 is 1.60 bits per heavy atom. The first-order chi connectivity index (χ1) is 23.4. The average molecular weight is 690 g/mol. The number of fused-ring (bicyclic) bond motifs is 1. The third-order valence-electron chi connectivity index (χ3n) is 8.23. The predicted molar refractivity (Wildman–Crippen MR) is 174 cm³/mol. The van der Waals surface area contributed by atoms with Crippen LogP contribution in [0.1, 0.15) is 12.8 Å². The number of piperazine rings is 1. The minimum absolute atomic E-state index is 0.0700. The highest BCUT2D eigenvalue weighted by molar-refractivity contribution is 7.99. The van der Waals surface area contributed by atoms with Crippen LogP contribution in [0.4, 0.5) is 11.8 Å². The van der Waals surface area contributed by atoms with E-state index in [9.17, 15) is 18.4 Å². The number of thioether (sulfide) groups is 1. The van der Waals surface area contributed by atoms with Gasteiger partial charge in [-0.3, -0.25) is 9.42 Å². The maximum Gasteiger partial charge on any atom is 0.415 e. The Labute approximate surface area is 280 Å². The number of benzene rings is 2. The van der Waals surface area contributed by atoms with Crippen LogP contribution in [0, 0.1) is 5.21 Å². The maximum atomic E-state index is 13.2. The van der Waals surface area contributed by atoms with E-state index in [4.69, 9.17) is 14.7 Å². The molecule has 7 rings (SSSR count). The van der Waals surface area contributed by atoms with Crippen molar-refractivity contribution in [1.29, 1.82) is 0 Å². The molecule has 0 atom stereocenters. The number of piperidine rings is 1. The first-order valence-electron chi connectivity index (χ1n) is 15.4. The molecule has 15 nitrogen and oxygen atoms in total. The summed E-state index contributed by atoms with van der Waals surface area (Å²) < 4.78 is 36.6. The van der Waals surface area contributed by atoms with E-state index >= 15 is 0 Å².